The molecule has 1 aromatic carbocycles. The summed E-state index contributed by atoms with van der Waals surface area (Å²) in [6.07, 6.45) is 21.6. The molecule has 0 aromatic heterocycles. The van der Waals surface area contributed by atoms with Crippen molar-refractivity contribution in [3.05, 3.63) is 54.6 Å². The summed E-state index contributed by atoms with van der Waals surface area (Å²) in [4.78, 5) is 22.2. The third kappa shape index (κ3) is 21.5. The fourth-order valence-corrected chi connectivity index (χ4v) is 3.30. The first-order valence-electron chi connectivity index (χ1n) is 13.4. The van der Waals surface area contributed by atoms with Crippen LogP contribution in [0.25, 0.3) is 6.08 Å². The second-order valence-electron chi connectivity index (χ2n) is 8.78. The van der Waals surface area contributed by atoms with Crippen molar-refractivity contribution >= 4 is 18.0 Å². The Morgan fingerprint density at radius 3 is 1.91 bits per heavy atom. The van der Waals surface area contributed by atoms with E-state index >= 15 is 0 Å². The van der Waals surface area contributed by atoms with E-state index in [1.807, 2.05) is 44.2 Å². The first-order chi connectivity index (χ1) is 16.5. The summed E-state index contributed by atoms with van der Waals surface area (Å²) >= 11 is 0. The molecule has 1 aromatic rings. The van der Waals surface area contributed by atoms with Gasteiger partial charge in [-0.15, -0.1) is 0 Å². The second kappa shape index (κ2) is 23.8. The predicted molar refractivity (Wildman–Crippen MR) is 146 cm³/mol. The van der Waals surface area contributed by atoms with Crippen LogP contribution >= 0.6 is 0 Å². The van der Waals surface area contributed by atoms with Crippen molar-refractivity contribution in [1.82, 2.24) is 5.32 Å². The highest BCUT2D eigenvalue weighted by Crippen LogP contribution is 2.11. The molecule has 0 saturated heterocycles. The van der Waals surface area contributed by atoms with Crippen molar-refractivity contribution in [2.45, 2.75) is 110 Å². The third-order valence-corrected chi connectivity index (χ3v) is 5.62. The smallest absolute Gasteiger partial charge is 0.331 e. The van der Waals surface area contributed by atoms with Crippen LogP contribution in [0, 0.1) is 0 Å². The number of unbranched alkanes of at least 4 members (excludes halogenated alkanes) is 11. The lowest BCUT2D eigenvalue weighted by atomic mass is 10.1. The molecule has 1 amide bonds. The Kier molecular flexibility index (Phi) is 22.1. The molecule has 192 valence electrons. The van der Waals surface area contributed by atoms with E-state index in [9.17, 15) is 9.59 Å². The van der Waals surface area contributed by atoms with Crippen LogP contribution in [0.4, 0.5) is 0 Å². The molecule has 4 heteroatoms. The minimum Gasteiger partial charge on any atom is -0.460 e. The van der Waals surface area contributed by atoms with E-state index in [0.29, 0.717) is 0 Å². The van der Waals surface area contributed by atoms with Crippen LogP contribution in [0.1, 0.15) is 110 Å². The highest BCUT2D eigenvalue weighted by Gasteiger charge is 2.02. The van der Waals surface area contributed by atoms with E-state index in [1.165, 1.54) is 82.8 Å². The number of hydrogen-bond acceptors (Lipinski definition) is 3. The van der Waals surface area contributed by atoms with Gasteiger partial charge in [-0.2, -0.15) is 0 Å². The van der Waals surface area contributed by atoms with Gasteiger partial charge < -0.3 is 10.1 Å². The first kappa shape index (κ1) is 31.6. The minimum absolute atomic E-state index is 0.0158. The lowest BCUT2D eigenvalue weighted by Crippen LogP contribution is -2.21. The predicted octanol–water partition coefficient (Wildman–Crippen LogP) is 8.03. The zero-order chi connectivity index (χ0) is 25.3. The van der Waals surface area contributed by atoms with Gasteiger partial charge in [0.05, 0.1) is 6.10 Å². The van der Waals surface area contributed by atoms with Crippen molar-refractivity contribution in [3.8, 4) is 0 Å². The average molecular weight is 472 g/mol. The molecule has 4 nitrogen and oxygen atoms in total. The molecule has 0 aliphatic rings. The Hall–Kier alpha value is -2.36. The molecule has 0 aliphatic carbocycles. The van der Waals surface area contributed by atoms with Crippen LogP contribution in [0.3, 0.4) is 0 Å². The van der Waals surface area contributed by atoms with Crippen LogP contribution < -0.4 is 5.32 Å². The molecule has 1 rings (SSSR count). The molecule has 1 unspecified atom stereocenters. The van der Waals surface area contributed by atoms with E-state index in [4.69, 9.17) is 4.74 Å². The van der Waals surface area contributed by atoms with Crippen molar-refractivity contribution in [2.24, 2.45) is 0 Å². The Bertz CT molecular complexity index is 654. The molecule has 0 aliphatic heterocycles. The molecule has 34 heavy (non-hydrogen) atoms. The van der Waals surface area contributed by atoms with Crippen LogP contribution in [-0.2, 0) is 14.3 Å². The SMILES string of the molecule is C=CC(=O)NCCCCCCCCCCCCCC.CCC(C)OC(=O)/C=C\c1ccccc1. The Labute approximate surface area is 209 Å². The average Bonchev–Trinajstić information content (AvgIpc) is 2.86. The minimum atomic E-state index is -0.284. The maximum atomic E-state index is 11.3. The van der Waals surface area contributed by atoms with Gasteiger partial charge in [0.25, 0.3) is 0 Å². The fraction of sp³-hybridized carbons (Fsp3) is 0.600. The van der Waals surface area contributed by atoms with Crippen LogP contribution in [0.5, 0.6) is 0 Å². The van der Waals surface area contributed by atoms with Gasteiger partial charge in [0.2, 0.25) is 5.91 Å². The number of ether oxygens (including phenoxy) is 1. The lowest BCUT2D eigenvalue weighted by Gasteiger charge is -2.07. The molecule has 1 N–H and O–H groups in total. The van der Waals surface area contributed by atoms with E-state index in [-0.39, 0.29) is 18.0 Å². The number of nitrogens with one attached hydrogen (secondary N) is 1. The number of amides is 1. The molecule has 0 spiro atoms. The largest absolute Gasteiger partial charge is 0.460 e. The van der Waals surface area contributed by atoms with E-state index in [2.05, 4.69) is 18.8 Å². The van der Waals surface area contributed by atoms with Gasteiger partial charge in [-0.05, 0) is 37.5 Å². The number of rotatable bonds is 18. The fourth-order valence-electron chi connectivity index (χ4n) is 3.30. The van der Waals surface area contributed by atoms with Crippen LogP contribution in [0.15, 0.2) is 49.1 Å². The molecular formula is C30H49NO3. The molecule has 0 radical (unpaired) electrons. The van der Waals surface area contributed by atoms with Crippen molar-refractivity contribution in [1.29, 1.82) is 0 Å². The Morgan fingerprint density at radius 2 is 1.41 bits per heavy atom. The van der Waals surface area contributed by atoms with Crippen LogP contribution in [0.2, 0.25) is 0 Å². The molecular weight excluding hydrogens is 422 g/mol. The van der Waals surface area contributed by atoms with Gasteiger partial charge in [-0.3, -0.25) is 4.79 Å². The summed E-state index contributed by atoms with van der Waals surface area (Å²) < 4.78 is 5.10. The van der Waals surface area contributed by atoms with E-state index in [0.717, 1.165) is 24.9 Å². The number of hydrogen-bond donors (Lipinski definition) is 1. The summed E-state index contributed by atoms with van der Waals surface area (Å²) in [6.45, 7) is 10.4. The maximum absolute atomic E-state index is 11.3. The molecule has 0 saturated carbocycles. The van der Waals surface area contributed by atoms with Crippen LogP contribution in [-0.4, -0.2) is 24.5 Å². The zero-order valence-electron chi connectivity index (χ0n) is 22.0. The summed E-state index contributed by atoms with van der Waals surface area (Å²) in [6, 6.07) is 9.67. The highest BCUT2D eigenvalue weighted by molar-refractivity contribution is 5.87. The number of benzene rings is 1. The van der Waals surface area contributed by atoms with Gasteiger partial charge in [0.15, 0.2) is 0 Å². The Morgan fingerprint density at radius 1 is 0.882 bits per heavy atom. The Balaban J connectivity index is 0.000000657. The monoisotopic (exact) mass is 471 g/mol. The number of carbonyl (C=O) groups excluding carboxylic acids is 2. The molecule has 0 fully saturated rings. The number of carbonyl (C=O) groups is 2. The van der Waals surface area contributed by atoms with Gasteiger partial charge >= 0.3 is 5.97 Å². The first-order valence-corrected chi connectivity index (χ1v) is 13.4. The summed E-state index contributed by atoms with van der Waals surface area (Å²) in [5, 5.41) is 2.81. The summed E-state index contributed by atoms with van der Waals surface area (Å²) in [5.74, 6) is -0.337. The van der Waals surface area contributed by atoms with Crippen molar-refractivity contribution in [2.75, 3.05) is 6.54 Å². The van der Waals surface area contributed by atoms with E-state index < -0.39 is 0 Å². The van der Waals surface area contributed by atoms with Crippen molar-refractivity contribution < 1.29 is 14.3 Å². The highest BCUT2D eigenvalue weighted by atomic mass is 16.5. The second-order valence-corrected chi connectivity index (χ2v) is 8.78. The summed E-state index contributed by atoms with van der Waals surface area (Å²) in [5.41, 5.74) is 0.999. The third-order valence-electron chi connectivity index (χ3n) is 5.62. The normalized spacial score (nSPS) is 11.4. The number of esters is 1. The zero-order valence-corrected chi connectivity index (χ0v) is 22.0. The molecule has 0 heterocycles. The van der Waals surface area contributed by atoms with Gasteiger partial charge in [0.1, 0.15) is 0 Å². The molecule has 1 atom stereocenters. The maximum Gasteiger partial charge on any atom is 0.331 e. The topological polar surface area (TPSA) is 55.4 Å². The van der Waals surface area contributed by atoms with Gasteiger partial charge in [0, 0.05) is 12.6 Å². The quantitative estimate of drug-likeness (QED) is 0.134. The van der Waals surface area contributed by atoms with Gasteiger partial charge in [-0.25, -0.2) is 4.79 Å². The lowest BCUT2D eigenvalue weighted by molar-refractivity contribution is -0.142. The van der Waals surface area contributed by atoms with E-state index in [1.54, 1.807) is 6.08 Å². The standard InChI is InChI=1S/C17H33NO.C13H16O2/c1-3-5-6-7-8-9-10-11-12-13-14-15-16-18-17(19)4-2;1-3-11(2)15-13(14)10-9-12-7-5-4-6-8-12/h4H,2-3,5-16H2,1H3,(H,18,19);4-11H,3H2,1-2H3/b;10-9-. The van der Waals surface area contributed by atoms with Crippen molar-refractivity contribution in [3.63, 3.8) is 0 Å². The summed E-state index contributed by atoms with van der Waals surface area (Å²) in [7, 11) is 0. The molecule has 0 bridgehead atoms. The van der Waals surface area contributed by atoms with Gasteiger partial charge in [-0.1, -0.05) is 121 Å².